The Balaban J connectivity index is 1.86. The Hall–Kier alpha value is -3.18. The highest BCUT2D eigenvalue weighted by atomic mass is 19.1. The Labute approximate surface area is 189 Å². The molecule has 1 atom stereocenters. The van der Waals surface area contributed by atoms with E-state index in [9.17, 15) is 14.3 Å². The van der Waals surface area contributed by atoms with Crippen LogP contribution < -0.4 is 10.6 Å². The van der Waals surface area contributed by atoms with Gasteiger partial charge in [0.15, 0.2) is 0 Å². The molecule has 0 spiro atoms. The number of carboxylic acid groups (broad SMARTS) is 1. The van der Waals surface area contributed by atoms with Crippen LogP contribution in [-0.2, 0) is 24.3 Å². The van der Waals surface area contributed by atoms with Gasteiger partial charge in [0, 0.05) is 19.1 Å². The average molecular weight is 435 g/mol. The third-order valence-electron chi connectivity index (χ3n) is 5.63. The molecule has 3 aromatic carbocycles. The van der Waals surface area contributed by atoms with Gasteiger partial charge in [-0.25, -0.2) is 4.39 Å². The first kappa shape index (κ1) is 23.5. The number of hydrogen-bond donors (Lipinski definition) is 2. The summed E-state index contributed by atoms with van der Waals surface area (Å²) < 4.78 is 15.0. The third kappa shape index (κ3) is 6.41. The minimum Gasteiger partial charge on any atom is -0.481 e. The van der Waals surface area contributed by atoms with E-state index in [0.29, 0.717) is 31.6 Å². The van der Waals surface area contributed by atoms with Crippen molar-refractivity contribution in [2.75, 3.05) is 4.90 Å². The normalized spacial score (nSPS) is 12.4. The molecule has 4 nitrogen and oxygen atoms in total. The lowest BCUT2D eigenvalue weighted by Gasteiger charge is -2.27. The van der Waals surface area contributed by atoms with Gasteiger partial charge in [0.1, 0.15) is 5.82 Å². The molecule has 32 heavy (non-hydrogen) atoms. The van der Waals surface area contributed by atoms with Crippen LogP contribution in [0, 0.1) is 11.2 Å². The van der Waals surface area contributed by atoms with Crippen LogP contribution in [0.3, 0.4) is 0 Å². The van der Waals surface area contributed by atoms with Crippen molar-refractivity contribution in [1.29, 1.82) is 0 Å². The van der Waals surface area contributed by atoms with E-state index in [1.807, 2.05) is 71.6 Å². The minimum absolute atomic E-state index is 0.292. The van der Waals surface area contributed by atoms with E-state index in [0.717, 1.165) is 16.7 Å². The molecule has 0 fully saturated rings. The molecule has 0 aliphatic heterocycles. The molecule has 0 saturated heterocycles. The highest BCUT2D eigenvalue weighted by molar-refractivity contribution is 5.73. The number of benzene rings is 3. The maximum Gasteiger partial charge on any atom is 0.309 e. The fraction of sp³-hybridized carbons (Fsp3) is 0.296. The predicted molar refractivity (Wildman–Crippen MR) is 127 cm³/mol. The Morgan fingerprint density at radius 2 is 1.47 bits per heavy atom. The van der Waals surface area contributed by atoms with Crippen LogP contribution in [-0.4, -0.2) is 17.1 Å². The van der Waals surface area contributed by atoms with Crippen molar-refractivity contribution in [3.8, 4) is 0 Å². The van der Waals surface area contributed by atoms with Gasteiger partial charge in [-0.15, -0.1) is 0 Å². The summed E-state index contributed by atoms with van der Waals surface area (Å²) in [5.41, 5.74) is 8.95. The van der Waals surface area contributed by atoms with Gasteiger partial charge in [-0.05, 0) is 55.5 Å². The molecule has 0 radical (unpaired) electrons. The Morgan fingerprint density at radius 3 is 1.97 bits per heavy atom. The molecule has 0 heterocycles. The minimum atomic E-state index is -0.908. The molecular weight excluding hydrogens is 403 g/mol. The summed E-state index contributed by atoms with van der Waals surface area (Å²) >= 11 is 0. The van der Waals surface area contributed by atoms with Crippen LogP contribution in [0.4, 0.5) is 10.1 Å². The quantitative estimate of drug-likeness (QED) is 0.448. The first-order valence-electron chi connectivity index (χ1n) is 10.8. The monoisotopic (exact) mass is 434 g/mol. The van der Waals surface area contributed by atoms with Gasteiger partial charge in [-0.2, -0.15) is 0 Å². The van der Waals surface area contributed by atoms with Crippen molar-refractivity contribution in [1.82, 2.24) is 0 Å². The van der Waals surface area contributed by atoms with E-state index in [1.54, 1.807) is 19.9 Å². The molecule has 0 aromatic heterocycles. The van der Waals surface area contributed by atoms with Gasteiger partial charge in [0.2, 0.25) is 0 Å². The standard InChI is InChI=1S/C27H31FN2O2/c1-27(2,26(31)32)17-23(29)15-22-13-14-24(28)25(16-22)30(18-20-9-5-3-6-10-20)19-21-11-7-4-8-12-21/h3-14,16,23H,15,17-19,29H2,1-2H3,(H,31,32). The Bertz CT molecular complexity index is 981. The summed E-state index contributed by atoms with van der Waals surface area (Å²) in [6.45, 7) is 4.47. The molecule has 1 unspecified atom stereocenters. The van der Waals surface area contributed by atoms with E-state index in [4.69, 9.17) is 5.73 Å². The van der Waals surface area contributed by atoms with Gasteiger partial charge in [-0.3, -0.25) is 4.79 Å². The van der Waals surface area contributed by atoms with Crippen molar-refractivity contribution in [2.24, 2.45) is 11.1 Å². The fourth-order valence-electron chi connectivity index (χ4n) is 3.88. The zero-order valence-electron chi connectivity index (χ0n) is 18.7. The van der Waals surface area contributed by atoms with Crippen molar-refractivity contribution in [2.45, 2.75) is 45.8 Å². The van der Waals surface area contributed by atoms with E-state index in [1.165, 1.54) is 6.07 Å². The average Bonchev–Trinajstić information content (AvgIpc) is 2.75. The lowest BCUT2D eigenvalue weighted by Crippen LogP contribution is -2.34. The topological polar surface area (TPSA) is 66.6 Å². The van der Waals surface area contributed by atoms with Crippen molar-refractivity contribution < 1.29 is 14.3 Å². The molecular formula is C27H31FN2O2. The predicted octanol–water partition coefficient (Wildman–Crippen LogP) is 5.40. The number of nitrogens with zero attached hydrogens (tertiary/aromatic N) is 1. The van der Waals surface area contributed by atoms with Crippen LogP contribution >= 0.6 is 0 Å². The summed E-state index contributed by atoms with van der Waals surface area (Å²) in [6, 6.07) is 24.7. The van der Waals surface area contributed by atoms with Gasteiger partial charge < -0.3 is 15.7 Å². The van der Waals surface area contributed by atoms with Crippen LogP contribution in [0.15, 0.2) is 78.9 Å². The second kappa shape index (κ2) is 10.4. The Kier molecular flexibility index (Phi) is 7.65. The number of hydrogen-bond acceptors (Lipinski definition) is 3. The maximum atomic E-state index is 15.0. The summed E-state index contributed by atoms with van der Waals surface area (Å²) in [4.78, 5) is 13.5. The lowest BCUT2D eigenvalue weighted by molar-refractivity contribution is -0.147. The van der Waals surface area contributed by atoms with E-state index in [2.05, 4.69) is 0 Å². The van der Waals surface area contributed by atoms with Gasteiger partial charge >= 0.3 is 5.97 Å². The molecule has 3 N–H and O–H groups in total. The van der Waals surface area contributed by atoms with E-state index < -0.39 is 11.4 Å². The first-order chi connectivity index (χ1) is 15.2. The number of nitrogens with two attached hydrogens (primary N) is 1. The smallest absolute Gasteiger partial charge is 0.309 e. The van der Waals surface area contributed by atoms with Gasteiger partial charge in [0.05, 0.1) is 11.1 Å². The molecule has 0 aliphatic carbocycles. The number of anilines is 1. The molecule has 168 valence electrons. The molecule has 0 amide bonds. The molecule has 3 rings (SSSR count). The zero-order chi connectivity index (χ0) is 23.1. The Morgan fingerprint density at radius 1 is 0.938 bits per heavy atom. The summed E-state index contributed by atoms with van der Waals surface area (Å²) in [5, 5.41) is 9.38. The highest BCUT2D eigenvalue weighted by Crippen LogP contribution is 2.27. The van der Waals surface area contributed by atoms with E-state index >= 15 is 0 Å². The van der Waals surface area contributed by atoms with Gasteiger partial charge in [0.25, 0.3) is 0 Å². The van der Waals surface area contributed by atoms with Crippen molar-refractivity contribution in [3.05, 3.63) is 101 Å². The van der Waals surface area contributed by atoms with E-state index in [-0.39, 0.29) is 11.9 Å². The van der Waals surface area contributed by atoms with Crippen LogP contribution in [0.1, 0.15) is 37.0 Å². The zero-order valence-corrected chi connectivity index (χ0v) is 18.7. The molecule has 0 bridgehead atoms. The fourth-order valence-corrected chi connectivity index (χ4v) is 3.88. The largest absolute Gasteiger partial charge is 0.481 e. The molecule has 0 saturated carbocycles. The number of carbonyl (C=O) groups is 1. The highest BCUT2D eigenvalue weighted by Gasteiger charge is 2.29. The number of carboxylic acids is 1. The van der Waals surface area contributed by atoms with Crippen LogP contribution in [0.25, 0.3) is 0 Å². The van der Waals surface area contributed by atoms with Crippen LogP contribution in [0.2, 0.25) is 0 Å². The van der Waals surface area contributed by atoms with Gasteiger partial charge in [-0.1, -0.05) is 66.7 Å². The summed E-state index contributed by atoms with van der Waals surface area (Å²) in [7, 11) is 0. The maximum absolute atomic E-state index is 15.0. The molecule has 3 aromatic rings. The number of aliphatic carboxylic acids is 1. The number of rotatable bonds is 10. The van der Waals surface area contributed by atoms with Crippen molar-refractivity contribution in [3.63, 3.8) is 0 Å². The lowest BCUT2D eigenvalue weighted by atomic mass is 9.84. The second-order valence-corrected chi connectivity index (χ2v) is 8.97. The molecule has 0 aliphatic rings. The second-order valence-electron chi connectivity index (χ2n) is 8.97. The van der Waals surface area contributed by atoms with Crippen molar-refractivity contribution >= 4 is 11.7 Å². The SMILES string of the molecule is CC(C)(CC(N)Cc1ccc(F)c(N(Cc2ccccc2)Cc2ccccc2)c1)C(=O)O. The summed E-state index contributed by atoms with van der Waals surface area (Å²) in [5.74, 6) is -1.16. The van der Waals surface area contributed by atoms with Crippen LogP contribution in [0.5, 0.6) is 0 Å². The first-order valence-corrected chi connectivity index (χ1v) is 10.8. The third-order valence-corrected chi connectivity index (χ3v) is 5.63. The summed E-state index contributed by atoms with van der Waals surface area (Å²) in [6.07, 6.45) is 0.821. The number of halogens is 1. The molecule has 5 heteroatoms.